The van der Waals surface area contributed by atoms with E-state index in [2.05, 4.69) is 26.2 Å². The number of nitrogens with one attached hydrogen (secondary N) is 4. The van der Waals surface area contributed by atoms with E-state index in [1.54, 1.807) is 24.3 Å². The second kappa shape index (κ2) is 10.2. The van der Waals surface area contributed by atoms with Crippen molar-refractivity contribution >= 4 is 23.2 Å². The number of hydrogen-bond acceptors (Lipinski definition) is 6. The molecule has 1 aliphatic heterocycles. The van der Waals surface area contributed by atoms with E-state index in [9.17, 15) is 14.9 Å². The number of amides is 2. The maximum atomic E-state index is 12.1. The molecular formula is C18H24N6O2. The molecule has 0 aromatic heterocycles. The fourth-order valence-corrected chi connectivity index (χ4v) is 2.51. The molecule has 4 N–H and O–H groups in total. The molecule has 26 heavy (non-hydrogen) atoms. The zero-order valence-electron chi connectivity index (χ0n) is 14.8. The van der Waals surface area contributed by atoms with Crippen LogP contribution in [0.2, 0.25) is 0 Å². The summed E-state index contributed by atoms with van der Waals surface area (Å²) >= 11 is 0. The van der Waals surface area contributed by atoms with Crippen LogP contribution < -0.4 is 21.3 Å². The number of benzene rings is 1. The molecule has 138 valence electrons. The minimum absolute atomic E-state index is 0.0104. The Balaban J connectivity index is 1.81. The Morgan fingerprint density at radius 1 is 1.23 bits per heavy atom. The number of nitrogens with zero attached hydrogens (tertiary/aromatic N) is 2. The zero-order chi connectivity index (χ0) is 18.8. The third kappa shape index (κ3) is 6.55. The van der Waals surface area contributed by atoms with Crippen LogP contribution in [-0.2, 0) is 9.59 Å². The molecule has 1 aromatic rings. The molecule has 1 fully saturated rings. The van der Waals surface area contributed by atoms with Crippen molar-refractivity contribution in [2.24, 2.45) is 0 Å². The number of carbonyl (C=O) groups excluding carboxylic acids is 2. The summed E-state index contributed by atoms with van der Waals surface area (Å²) in [6, 6.07) is 8.87. The Labute approximate surface area is 153 Å². The van der Waals surface area contributed by atoms with E-state index >= 15 is 0 Å². The third-order valence-electron chi connectivity index (χ3n) is 3.88. The quantitative estimate of drug-likeness (QED) is 0.418. The second-order valence-corrected chi connectivity index (χ2v) is 5.92. The lowest BCUT2D eigenvalue weighted by molar-refractivity contribution is -0.117. The highest BCUT2D eigenvalue weighted by Gasteiger charge is 2.11. The van der Waals surface area contributed by atoms with Crippen LogP contribution in [0.1, 0.15) is 6.92 Å². The molecule has 0 unspecified atom stereocenters. The minimum atomic E-state index is -0.398. The summed E-state index contributed by atoms with van der Waals surface area (Å²) in [5, 5.41) is 20.8. The Morgan fingerprint density at radius 2 is 1.88 bits per heavy atom. The lowest BCUT2D eigenvalue weighted by Gasteiger charge is -2.27. The largest absolute Gasteiger partial charge is 0.360 e. The van der Waals surface area contributed by atoms with Gasteiger partial charge >= 0.3 is 0 Å². The number of piperazine rings is 1. The van der Waals surface area contributed by atoms with E-state index < -0.39 is 5.91 Å². The molecule has 1 aliphatic rings. The van der Waals surface area contributed by atoms with Gasteiger partial charge in [0.1, 0.15) is 11.6 Å². The first-order valence-corrected chi connectivity index (χ1v) is 8.54. The van der Waals surface area contributed by atoms with Gasteiger partial charge in [-0.1, -0.05) is 0 Å². The van der Waals surface area contributed by atoms with Gasteiger partial charge in [-0.25, -0.2) is 0 Å². The first kappa shape index (κ1) is 19.4. The summed E-state index contributed by atoms with van der Waals surface area (Å²) in [5.41, 5.74) is 1.40. The lowest BCUT2D eigenvalue weighted by atomic mass is 10.2. The van der Waals surface area contributed by atoms with Gasteiger partial charge in [0.2, 0.25) is 5.91 Å². The van der Waals surface area contributed by atoms with Crippen molar-refractivity contribution < 1.29 is 9.59 Å². The summed E-state index contributed by atoms with van der Waals surface area (Å²) in [5.74, 6) is -0.542. The molecule has 8 nitrogen and oxygen atoms in total. The maximum absolute atomic E-state index is 12.1. The number of anilines is 2. The Hall–Kier alpha value is -2.89. The topological polar surface area (TPSA) is 109 Å². The van der Waals surface area contributed by atoms with Crippen molar-refractivity contribution in [3.8, 4) is 6.07 Å². The molecule has 0 aliphatic carbocycles. The van der Waals surface area contributed by atoms with E-state index in [-0.39, 0.29) is 11.5 Å². The Morgan fingerprint density at radius 3 is 2.50 bits per heavy atom. The van der Waals surface area contributed by atoms with E-state index in [1.807, 2.05) is 6.07 Å². The molecular weight excluding hydrogens is 332 g/mol. The van der Waals surface area contributed by atoms with Crippen molar-refractivity contribution in [3.63, 3.8) is 0 Å². The summed E-state index contributed by atoms with van der Waals surface area (Å²) in [7, 11) is 0. The molecule has 1 heterocycles. The average Bonchev–Trinajstić information content (AvgIpc) is 2.64. The molecule has 0 saturated carbocycles. The molecule has 0 bridgehead atoms. The minimum Gasteiger partial charge on any atom is -0.360 e. The van der Waals surface area contributed by atoms with Gasteiger partial charge in [-0.05, 0) is 24.3 Å². The fourth-order valence-electron chi connectivity index (χ4n) is 2.51. The smallest absolute Gasteiger partial charge is 0.263 e. The third-order valence-corrected chi connectivity index (χ3v) is 3.88. The number of hydrogen-bond donors (Lipinski definition) is 4. The number of nitriles is 1. The Kier molecular flexibility index (Phi) is 7.61. The highest BCUT2D eigenvalue weighted by Crippen LogP contribution is 2.13. The molecule has 0 spiro atoms. The van der Waals surface area contributed by atoms with Crippen LogP contribution in [0.4, 0.5) is 11.4 Å². The number of rotatable bonds is 7. The predicted molar refractivity (Wildman–Crippen MR) is 100 cm³/mol. The standard InChI is InChI=1S/C18H24N6O2/c1-14(25)23-17-4-2-16(3-5-17)22-13-15(12-19)18(26)21-8-11-24-9-6-20-7-10-24/h2-5,13,20,22H,6-11H2,1H3,(H,21,26)(H,23,25)/b15-13-. The van der Waals surface area contributed by atoms with Crippen molar-refractivity contribution in [1.29, 1.82) is 5.26 Å². The summed E-state index contributed by atoms with van der Waals surface area (Å²) < 4.78 is 0. The maximum Gasteiger partial charge on any atom is 0.263 e. The number of carbonyl (C=O) groups is 2. The summed E-state index contributed by atoms with van der Waals surface area (Å²) in [6.07, 6.45) is 1.38. The second-order valence-electron chi connectivity index (χ2n) is 5.92. The van der Waals surface area contributed by atoms with Crippen molar-refractivity contribution in [2.45, 2.75) is 6.92 Å². The molecule has 1 saturated heterocycles. The van der Waals surface area contributed by atoms with Crippen LogP contribution in [0.25, 0.3) is 0 Å². The van der Waals surface area contributed by atoms with Crippen LogP contribution in [0.3, 0.4) is 0 Å². The highest BCUT2D eigenvalue weighted by molar-refractivity contribution is 5.97. The predicted octanol–water partition coefficient (Wildman–Crippen LogP) is 0.486. The summed E-state index contributed by atoms with van der Waals surface area (Å²) in [6.45, 7) is 6.56. The Bertz CT molecular complexity index is 687. The fraction of sp³-hybridized carbons (Fsp3) is 0.389. The first-order chi connectivity index (χ1) is 12.6. The molecule has 1 aromatic carbocycles. The highest BCUT2D eigenvalue weighted by atomic mass is 16.2. The van der Waals surface area contributed by atoms with Crippen molar-refractivity contribution in [3.05, 3.63) is 36.0 Å². The molecule has 2 rings (SSSR count). The average molecular weight is 356 g/mol. The molecule has 0 atom stereocenters. The van der Waals surface area contributed by atoms with E-state index in [0.717, 1.165) is 32.7 Å². The zero-order valence-corrected chi connectivity index (χ0v) is 14.8. The van der Waals surface area contributed by atoms with Crippen LogP contribution in [0.5, 0.6) is 0 Å². The van der Waals surface area contributed by atoms with Crippen LogP contribution in [0.15, 0.2) is 36.0 Å². The lowest BCUT2D eigenvalue weighted by Crippen LogP contribution is -2.46. The first-order valence-electron chi connectivity index (χ1n) is 8.54. The van der Waals surface area contributed by atoms with Crippen LogP contribution in [-0.4, -0.2) is 56.0 Å². The normalized spacial score (nSPS) is 15.0. The van der Waals surface area contributed by atoms with Crippen molar-refractivity contribution in [1.82, 2.24) is 15.5 Å². The van der Waals surface area contributed by atoms with Crippen LogP contribution >= 0.6 is 0 Å². The van der Waals surface area contributed by atoms with Gasteiger partial charge in [0.15, 0.2) is 0 Å². The molecule has 2 amide bonds. The van der Waals surface area contributed by atoms with Gasteiger partial charge in [-0.3, -0.25) is 14.5 Å². The van der Waals surface area contributed by atoms with Crippen molar-refractivity contribution in [2.75, 3.05) is 49.9 Å². The SMILES string of the molecule is CC(=O)Nc1ccc(N/C=C(/C#N)C(=O)NCCN2CCNCC2)cc1. The summed E-state index contributed by atoms with van der Waals surface area (Å²) in [4.78, 5) is 25.3. The van der Waals surface area contributed by atoms with Gasteiger partial charge < -0.3 is 21.3 Å². The van der Waals surface area contributed by atoms with Crippen LogP contribution in [0, 0.1) is 11.3 Å². The molecule has 0 radical (unpaired) electrons. The van der Waals surface area contributed by atoms with E-state index in [0.29, 0.717) is 17.9 Å². The monoisotopic (exact) mass is 356 g/mol. The van der Waals surface area contributed by atoms with Gasteiger partial charge in [0.05, 0.1) is 0 Å². The van der Waals surface area contributed by atoms with Gasteiger partial charge in [0.25, 0.3) is 5.91 Å². The van der Waals surface area contributed by atoms with E-state index in [4.69, 9.17) is 0 Å². The van der Waals surface area contributed by atoms with Gasteiger partial charge in [-0.2, -0.15) is 5.26 Å². The molecule has 8 heteroatoms. The van der Waals surface area contributed by atoms with Gasteiger partial charge in [0, 0.05) is 63.8 Å². The van der Waals surface area contributed by atoms with Gasteiger partial charge in [-0.15, -0.1) is 0 Å². The van der Waals surface area contributed by atoms with E-state index in [1.165, 1.54) is 13.1 Å².